The van der Waals surface area contributed by atoms with Crippen LogP contribution >= 0.6 is 7.82 Å². The van der Waals surface area contributed by atoms with Gasteiger partial charge in [0.25, 0.3) is 7.82 Å². The van der Waals surface area contributed by atoms with Crippen LogP contribution in [0.4, 0.5) is 0 Å². The Hall–Kier alpha value is -1.51. The maximum atomic E-state index is 13.4. The molecule has 10 heteroatoms. The summed E-state index contributed by atoms with van der Waals surface area (Å²) in [5.74, 6) is -0.538. The summed E-state index contributed by atoms with van der Waals surface area (Å²) in [6.45, 7) is 6.83. The fourth-order valence-electron chi connectivity index (χ4n) is 8.05. The smallest absolute Gasteiger partial charge is 0.306 e. The second-order valence-corrected chi connectivity index (χ2v) is 21.5. The molecule has 0 saturated heterocycles. The fraction of sp³-hybridized carbons (Fsp3) is 0.891. The van der Waals surface area contributed by atoms with Crippen molar-refractivity contribution in [2.24, 2.45) is 0 Å². The van der Waals surface area contributed by atoms with E-state index in [-0.39, 0.29) is 31.5 Å². The Balaban J connectivity index is 5.38. The summed E-state index contributed by atoms with van der Waals surface area (Å²) >= 11 is 0. The molecule has 0 heterocycles. The highest BCUT2D eigenvalue weighted by atomic mass is 31.2. The minimum atomic E-state index is -4.68. The van der Waals surface area contributed by atoms with Crippen LogP contribution in [0.15, 0.2) is 24.3 Å². The Morgan fingerprint density at radius 1 is 0.523 bits per heavy atom. The van der Waals surface area contributed by atoms with Crippen molar-refractivity contribution in [3.63, 3.8) is 0 Å². The molecule has 3 atom stereocenters. The number of quaternary nitrogens is 1. The van der Waals surface area contributed by atoms with Crippen LogP contribution in [0.25, 0.3) is 0 Å². The van der Waals surface area contributed by atoms with Gasteiger partial charge in [-0.2, -0.15) is 0 Å². The number of amides is 1. The summed E-state index contributed by atoms with van der Waals surface area (Å²) in [5.41, 5.74) is 0. The van der Waals surface area contributed by atoms with Gasteiger partial charge in [0.15, 0.2) is 0 Å². The van der Waals surface area contributed by atoms with E-state index < -0.39 is 20.0 Å². The third-order valence-corrected chi connectivity index (χ3v) is 13.3. The van der Waals surface area contributed by atoms with Crippen LogP contribution in [0, 0.1) is 0 Å². The average molecular weight is 939 g/mol. The lowest BCUT2D eigenvalue weighted by Crippen LogP contribution is -2.47. The predicted molar refractivity (Wildman–Crippen MR) is 275 cm³/mol. The topological polar surface area (TPSA) is 114 Å². The van der Waals surface area contributed by atoms with Crippen molar-refractivity contribution in [2.75, 3.05) is 40.9 Å². The quantitative estimate of drug-likeness (QED) is 0.0212. The van der Waals surface area contributed by atoms with E-state index in [9.17, 15) is 19.0 Å². The van der Waals surface area contributed by atoms with Crippen molar-refractivity contribution in [2.45, 2.75) is 277 Å². The highest BCUT2D eigenvalue weighted by Gasteiger charge is 2.27. The summed E-state index contributed by atoms with van der Waals surface area (Å²) in [5, 5.41) is 3.02. The van der Waals surface area contributed by atoms with Crippen LogP contribution in [0.1, 0.15) is 265 Å². The number of carbonyl (C=O) groups is 2. The molecular formula is C55H107N2O7P. The second-order valence-electron chi connectivity index (χ2n) is 20.1. The van der Waals surface area contributed by atoms with E-state index in [1.165, 1.54) is 161 Å². The van der Waals surface area contributed by atoms with Crippen LogP contribution in [-0.4, -0.2) is 69.4 Å². The zero-order chi connectivity index (χ0) is 48.0. The Kier molecular flexibility index (Phi) is 45.2. The van der Waals surface area contributed by atoms with Crippen molar-refractivity contribution in [3.8, 4) is 0 Å². The van der Waals surface area contributed by atoms with Crippen molar-refractivity contribution >= 4 is 19.7 Å². The Morgan fingerprint density at radius 3 is 1.32 bits per heavy atom. The number of hydrogen-bond acceptors (Lipinski definition) is 7. The minimum Gasteiger partial charge on any atom is -0.756 e. The average Bonchev–Trinajstić information content (AvgIpc) is 3.26. The van der Waals surface area contributed by atoms with Crippen molar-refractivity contribution < 1.29 is 37.3 Å². The molecular weight excluding hydrogens is 832 g/mol. The second kappa shape index (κ2) is 46.2. The number of hydrogen-bond donors (Lipinski definition) is 1. The molecule has 0 aromatic heterocycles. The summed E-state index contributed by atoms with van der Waals surface area (Å²) in [7, 11) is 1.19. The maximum absolute atomic E-state index is 13.4. The molecule has 1 N–H and O–H groups in total. The number of esters is 1. The van der Waals surface area contributed by atoms with Gasteiger partial charge < -0.3 is 28.5 Å². The first-order valence-electron chi connectivity index (χ1n) is 27.6. The molecule has 0 radical (unpaired) electrons. The molecule has 0 aliphatic heterocycles. The molecule has 0 aliphatic rings. The predicted octanol–water partition coefficient (Wildman–Crippen LogP) is 15.6. The van der Waals surface area contributed by atoms with Crippen LogP contribution in [-0.2, 0) is 27.9 Å². The van der Waals surface area contributed by atoms with Crippen LogP contribution < -0.4 is 10.2 Å². The first-order valence-corrected chi connectivity index (χ1v) is 29.1. The highest BCUT2D eigenvalue weighted by molar-refractivity contribution is 7.45. The summed E-state index contributed by atoms with van der Waals surface area (Å²) in [4.78, 5) is 39.7. The SMILES string of the molecule is CCCCCC/C=C\CCCCCCCCCC(=O)NC(COP(=O)([O-])OCC[N+](C)(C)C)C(/C=C/CCCCCCCCCCCCC)OC(=O)CCCCCCCCCCCCC. The maximum Gasteiger partial charge on any atom is 0.306 e. The van der Waals surface area contributed by atoms with Gasteiger partial charge >= 0.3 is 5.97 Å². The molecule has 0 saturated carbocycles. The standard InChI is InChI=1S/C55H107N2O7P/c1-7-10-13-16-19-22-25-27-28-30-33-35-38-41-44-47-54(58)56-52(51-63-65(60,61)62-50-49-57(4,5)6)53(46-43-40-37-34-32-29-26-23-20-17-14-11-8-2)64-55(59)48-45-42-39-36-31-24-21-18-15-12-9-3/h22,25,43,46,52-53H,7-21,23-24,26-42,44-45,47-51H2,1-6H3,(H-,56,58,60,61)/b25-22-,46-43+. The molecule has 9 nitrogen and oxygen atoms in total. The number of unbranched alkanes of at least 4 members (excludes halogenated alkanes) is 32. The molecule has 0 spiro atoms. The molecule has 384 valence electrons. The number of carbonyl (C=O) groups excluding carboxylic acids is 2. The molecule has 0 aromatic rings. The normalized spacial score (nSPS) is 14.0. The number of allylic oxidation sites excluding steroid dienone is 3. The van der Waals surface area contributed by atoms with Gasteiger partial charge in [-0.1, -0.05) is 219 Å². The van der Waals surface area contributed by atoms with Crippen molar-refractivity contribution in [3.05, 3.63) is 24.3 Å². The number of ether oxygens (including phenoxy) is 1. The van der Waals surface area contributed by atoms with Crippen molar-refractivity contribution in [1.29, 1.82) is 0 Å². The molecule has 0 fully saturated rings. The third-order valence-electron chi connectivity index (χ3n) is 12.4. The lowest BCUT2D eigenvalue weighted by atomic mass is 10.0. The van der Waals surface area contributed by atoms with Gasteiger partial charge in [-0.05, 0) is 57.4 Å². The van der Waals surface area contributed by atoms with E-state index in [1.807, 2.05) is 33.3 Å². The Morgan fingerprint density at radius 2 is 0.892 bits per heavy atom. The first-order chi connectivity index (χ1) is 31.4. The lowest BCUT2D eigenvalue weighted by molar-refractivity contribution is -0.870. The van der Waals surface area contributed by atoms with E-state index >= 15 is 0 Å². The van der Waals surface area contributed by atoms with Gasteiger partial charge in [-0.3, -0.25) is 14.2 Å². The zero-order valence-electron chi connectivity index (χ0n) is 43.7. The molecule has 65 heavy (non-hydrogen) atoms. The van der Waals surface area contributed by atoms with E-state index in [4.69, 9.17) is 13.8 Å². The zero-order valence-corrected chi connectivity index (χ0v) is 44.6. The third kappa shape index (κ3) is 47.4. The number of likely N-dealkylation sites (N-methyl/N-ethyl adjacent to an activating group) is 1. The number of phosphoric acid groups is 1. The number of nitrogens with zero attached hydrogens (tertiary/aromatic N) is 1. The van der Waals surface area contributed by atoms with Gasteiger partial charge in [0.2, 0.25) is 5.91 Å². The van der Waals surface area contributed by atoms with Gasteiger partial charge in [-0.25, -0.2) is 0 Å². The number of phosphoric ester groups is 1. The molecule has 0 aliphatic carbocycles. The van der Waals surface area contributed by atoms with E-state index in [0.717, 1.165) is 70.6 Å². The monoisotopic (exact) mass is 939 g/mol. The fourth-order valence-corrected chi connectivity index (χ4v) is 8.77. The minimum absolute atomic E-state index is 0.0201. The molecule has 0 bridgehead atoms. The molecule has 0 rings (SSSR count). The van der Waals surface area contributed by atoms with Gasteiger partial charge in [-0.15, -0.1) is 0 Å². The molecule has 1 amide bonds. The van der Waals surface area contributed by atoms with Crippen LogP contribution in [0.2, 0.25) is 0 Å². The first kappa shape index (κ1) is 63.5. The van der Waals surface area contributed by atoms with Crippen LogP contribution in [0.5, 0.6) is 0 Å². The Bertz CT molecular complexity index is 1170. The molecule has 3 unspecified atom stereocenters. The summed E-state index contributed by atoms with van der Waals surface area (Å²) < 4.78 is 30.2. The van der Waals surface area contributed by atoms with E-state index in [1.54, 1.807) is 0 Å². The van der Waals surface area contributed by atoms with Crippen LogP contribution in [0.3, 0.4) is 0 Å². The number of rotatable bonds is 50. The summed E-state index contributed by atoms with van der Waals surface area (Å²) in [6.07, 6.45) is 51.3. The summed E-state index contributed by atoms with van der Waals surface area (Å²) in [6, 6.07) is -0.882. The van der Waals surface area contributed by atoms with Gasteiger partial charge in [0.1, 0.15) is 19.3 Å². The largest absolute Gasteiger partial charge is 0.756 e. The van der Waals surface area contributed by atoms with E-state index in [2.05, 4.69) is 38.2 Å². The van der Waals surface area contributed by atoms with Gasteiger partial charge in [0.05, 0.1) is 33.8 Å². The lowest BCUT2D eigenvalue weighted by Gasteiger charge is -2.30. The highest BCUT2D eigenvalue weighted by Crippen LogP contribution is 2.38. The van der Waals surface area contributed by atoms with Gasteiger partial charge in [0, 0.05) is 12.8 Å². The Labute approximate surface area is 403 Å². The number of nitrogens with one attached hydrogen (secondary N) is 1. The molecule has 0 aromatic carbocycles. The van der Waals surface area contributed by atoms with Crippen molar-refractivity contribution in [1.82, 2.24) is 5.32 Å². The van der Waals surface area contributed by atoms with E-state index in [0.29, 0.717) is 17.4 Å².